The summed E-state index contributed by atoms with van der Waals surface area (Å²) in [5, 5.41) is 3.76. The minimum absolute atomic E-state index is 0.00257. The Morgan fingerprint density at radius 2 is 2.00 bits per heavy atom. The molecule has 2 saturated heterocycles. The lowest BCUT2D eigenvalue weighted by atomic mass is 9.92. The Morgan fingerprint density at radius 3 is 2.58 bits per heavy atom. The molecule has 2 aliphatic rings. The van der Waals surface area contributed by atoms with Gasteiger partial charge in [-0.2, -0.15) is 0 Å². The highest BCUT2D eigenvalue weighted by Gasteiger charge is 2.30. The van der Waals surface area contributed by atoms with Crippen LogP contribution in [0.3, 0.4) is 0 Å². The molecule has 0 radical (unpaired) electrons. The van der Waals surface area contributed by atoms with E-state index < -0.39 is 0 Å². The number of hydrogen-bond acceptors (Lipinski definition) is 4. The second kappa shape index (κ2) is 6.20. The van der Waals surface area contributed by atoms with Gasteiger partial charge in [0.05, 0.1) is 12.1 Å². The summed E-state index contributed by atoms with van der Waals surface area (Å²) in [6, 6.07) is 1.14. The molecule has 2 aliphatic heterocycles. The molecule has 5 nitrogen and oxygen atoms in total. The van der Waals surface area contributed by atoms with E-state index in [9.17, 15) is 4.79 Å². The van der Waals surface area contributed by atoms with E-state index in [4.69, 9.17) is 10.5 Å². The predicted octanol–water partition coefficient (Wildman–Crippen LogP) is 0.483. The molecule has 2 heterocycles. The number of likely N-dealkylation sites (tertiary alicyclic amines) is 1. The molecular weight excluding hydrogens is 242 g/mol. The smallest absolute Gasteiger partial charge is 0.231 e. The number of primary amides is 1. The van der Waals surface area contributed by atoms with E-state index in [1.807, 2.05) is 0 Å². The van der Waals surface area contributed by atoms with Crippen LogP contribution in [0.5, 0.6) is 0 Å². The van der Waals surface area contributed by atoms with Crippen molar-refractivity contribution >= 4 is 5.91 Å². The van der Waals surface area contributed by atoms with Crippen LogP contribution in [0.25, 0.3) is 0 Å². The van der Waals surface area contributed by atoms with Crippen molar-refractivity contribution in [3.05, 3.63) is 0 Å². The van der Waals surface area contributed by atoms with Crippen LogP contribution in [-0.2, 0) is 9.53 Å². The molecule has 0 spiro atoms. The van der Waals surface area contributed by atoms with E-state index in [0.29, 0.717) is 18.6 Å². The van der Waals surface area contributed by atoms with Gasteiger partial charge in [0.2, 0.25) is 5.91 Å². The topological polar surface area (TPSA) is 67.6 Å². The molecule has 0 saturated carbocycles. The van der Waals surface area contributed by atoms with E-state index >= 15 is 0 Å². The maximum absolute atomic E-state index is 10.9. The second-order valence-corrected chi connectivity index (χ2v) is 6.48. The fourth-order valence-electron chi connectivity index (χ4n) is 3.19. The van der Waals surface area contributed by atoms with Gasteiger partial charge in [-0.05, 0) is 39.5 Å². The van der Waals surface area contributed by atoms with E-state index in [-0.39, 0.29) is 11.5 Å². The zero-order valence-corrected chi connectivity index (χ0v) is 12.2. The van der Waals surface area contributed by atoms with Crippen molar-refractivity contribution in [3.63, 3.8) is 0 Å². The summed E-state index contributed by atoms with van der Waals surface area (Å²) in [5.41, 5.74) is 5.23. The van der Waals surface area contributed by atoms with Crippen molar-refractivity contribution in [1.29, 1.82) is 0 Å². The zero-order valence-electron chi connectivity index (χ0n) is 12.2. The molecule has 5 heteroatoms. The Bertz CT molecular complexity index is 312. The summed E-state index contributed by atoms with van der Waals surface area (Å²) in [5.74, 6) is -0.224. The monoisotopic (exact) mass is 269 g/mol. The van der Waals surface area contributed by atoms with Crippen LogP contribution in [0.2, 0.25) is 0 Å². The largest absolute Gasteiger partial charge is 0.375 e. The average molecular weight is 269 g/mol. The molecular formula is C14H27N3O2. The SMILES string of the molecule is CC1(C)CC(NC2CCN(CC(N)=O)CC2)CCO1. The fourth-order valence-corrected chi connectivity index (χ4v) is 3.19. The lowest BCUT2D eigenvalue weighted by molar-refractivity contribution is -0.119. The zero-order chi connectivity index (χ0) is 13.9. The number of rotatable bonds is 4. The van der Waals surface area contributed by atoms with Gasteiger partial charge in [-0.3, -0.25) is 9.69 Å². The third-order valence-electron chi connectivity index (χ3n) is 4.14. The number of amides is 1. The van der Waals surface area contributed by atoms with Gasteiger partial charge in [-0.1, -0.05) is 0 Å². The highest BCUT2D eigenvalue weighted by atomic mass is 16.5. The fraction of sp³-hybridized carbons (Fsp3) is 0.929. The highest BCUT2D eigenvalue weighted by Crippen LogP contribution is 2.25. The molecule has 0 aromatic carbocycles. The quantitative estimate of drug-likeness (QED) is 0.779. The molecule has 0 aromatic heterocycles. The second-order valence-electron chi connectivity index (χ2n) is 6.48. The molecule has 1 unspecified atom stereocenters. The number of nitrogens with one attached hydrogen (secondary N) is 1. The minimum atomic E-state index is -0.224. The lowest BCUT2D eigenvalue weighted by Crippen LogP contribution is -2.51. The Morgan fingerprint density at radius 1 is 1.32 bits per heavy atom. The number of carbonyl (C=O) groups excluding carboxylic acids is 1. The van der Waals surface area contributed by atoms with Crippen molar-refractivity contribution in [1.82, 2.24) is 10.2 Å². The van der Waals surface area contributed by atoms with Crippen LogP contribution in [0.4, 0.5) is 0 Å². The minimum Gasteiger partial charge on any atom is -0.375 e. The summed E-state index contributed by atoms with van der Waals surface area (Å²) in [7, 11) is 0. The summed E-state index contributed by atoms with van der Waals surface area (Å²) in [6.45, 7) is 7.51. The van der Waals surface area contributed by atoms with Crippen molar-refractivity contribution in [3.8, 4) is 0 Å². The standard InChI is InChI=1S/C14H27N3O2/c1-14(2)9-12(5-8-19-14)16-11-3-6-17(7-4-11)10-13(15)18/h11-12,16H,3-10H2,1-2H3,(H2,15,18). The Labute approximate surface area is 115 Å². The maximum Gasteiger partial charge on any atom is 0.231 e. The number of nitrogens with two attached hydrogens (primary N) is 1. The maximum atomic E-state index is 10.9. The van der Waals surface area contributed by atoms with E-state index in [0.717, 1.165) is 45.4 Å². The first kappa shape index (κ1) is 14.8. The van der Waals surface area contributed by atoms with Gasteiger partial charge < -0.3 is 15.8 Å². The number of nitrogens with zero attached hydrogens (tertiary/aromatic N) is 1. The average Bonchev–Trinajstić information content (AvgIpc) is 2.30. The van der Waals surface area contributed by atoms with E-state index in [1.54, 1.807) is 0 Å². The number of ether oxygens (including phenoxy) is 1. The summed E-state index contributed by atoms with van der Waals surface area (Å²) in [6.07, 6.45) is 4.38. The van der Waals surface area contributed by atoms with Gasteiger partial charge in [-0.25, -0.2) is 0 Å². The van der Waals surface area contributed by atoms with Gasteiger partial charge in [0, 0.05) is 31.8 Å². The van der Waals surface area contributed by atoms with Crippen molar-refractivity contribution < 1.29 is 9.53 Å². The van der Waals surface area contributed by atoms with E-state index in [1.165, 1.54) is 0 Å². The van der Waals surface area contributed by atoms with Gasteiger partial charge >= 0.3 is 0 Å². The highest BCUT2D eigenvalue weighted by molar-refractivity contribution is 5.75. The van der Waals surface area contributed by atoms with Crippen LogP contribution in [0.15, 0.2) is 0 Å². The number of piperidine rings is 1. The molecule has 1 amide bonds. The Hall–Kier alpha value is -0.650. The molecule has 0 bridgehead atoms. The first-order chi connectivity index (χ1) is 8.94. The Kier molecular flexibility index (Phi) is 4.81. The molecule has 19 heavy (non-hydrogen) atoms. The molecule has 0 aromatic rings. The van der Waals surface area contributed by atoms with Crippen molar-refractivity contribution in [2.45, 2.75) is 57.2 Å². The van der Waals surface area contributed by atoms with Crippen molar-refractivity contribution in [2.75, 3.05) is 26.2 Å². The van der Waals surface area contributed by atoms with Crippen LogP contribution >= 0.6 is 0 Å². The van der Waals surface area contributed by atoms with Crippen LogP contribution in [-0.4, -0.2) is 54.7 Å². The van der Waals surface area contributed by atoms with Gasteiger partial charge in [-0.15, -0.1) is 0 Å². The predicted molar refractivity (Wildman–Crippen MR) is 74.8 cm³/mol. The van der Waals surface area contributed by atoms with Crippen LogP contribution in [0, 0.1) is 0 Å². The van der Waals surface area contributed by atoms with Gasteiger partial charge in [0.15, 0.2) is 0 Å². The first-order valence-corrected chi connectivity index (χ1v) is 7.35. The molecule has 2 rings (SSSR count). The van der Waals surface area contributed by atoms with Crippen LogP contribution in [0.1, 0.15) is 39.5 Å². The molecule has 110 valence electrons. The molecule has 0 aliphatic carbocycles. The number of carbonyl (C=O) groups is 1. The van der Waals surface area contributed by atoms with Gasteiger partial charge in [0.1, 0.15) is 0 Å². The van der Waals surface area contributed by atoms with Crippen molar-refractivity contribution in [2.24, 2.45) is 5.73 Å². The summed E-state index contributed by atoms with van der Waals surface area (Å²) in [4.78, 5) is 13.0. The van der Waals surface area contributed by atoms with E-state index in [2.05, 4.69) is 24.1 Å². The lowest BCUT2D eigenvalue weighted by Gasteiger charge is -2.39. The first-order valence-electron chi connectivity index (χ1n) is 7.35. The normalized spacial score (nSPS) is 29.3. The Balaban J connectivity index is 1.72. The van der Waals surface area contributed by atoms with Crippen LogP contribution < -0.4 is 11.1 Å². The third-order valence-corrected chi connectivity index (χ3v) is 4.14. The third kappa shape index (κ3) is 4.75. The number of hydrogen-bond donors (Lipinski definition) is 2. The van der Waals surface area contributed by atoms with Gasteiger partial charge in [0.25, 0.3) is 0 Å². The summed E-state index contributed by atoms with van der Waals surface area (Å²) < 4.78 is 5.75. The molecule has 2 fully saturated rings. The molecule has 1 atom stereocenters. The summed E-state index contributed by atoms with van der Waals surface area (Å²) >= 11 is 0. The molecule has 3 N–H and O–H groups in total.